The van der Waals surface area contributed by atoms with Gasteiger partial charge < -0.3 is 16.4 Å². The van der Waals surface area contributed by atoms with E-state index in [-0.39, 0.29) is 107 Å². The van der Waals surface area contributed by atoms with Crippen LogP contribution in [0.25, 0.3) is 0 Å². The fourth-order valence-corrected chi connectivity index (χ4v) is 0. The van der Waals surface area contributed by atoms with E-state index in [9.17, 15) is 0 Å². The zero-order valence-corrected chi connectivity index (χ0v) is 10.4. The molecule has 0 spiro atoms. The largest absolute Gasteiger partial charge is 3.00 e. The van der Waals surface area contributed by atoms with Crippen molar-refractivity contribution in [2.24, 2.45) is 0 Å². The van der Waals surface area contributed by atoms with E-state index in [1.807, 2.05) is 0 Å². The SMILES string of the molecule is [Al+3].[Al+3].[Co].[Co].[O-2].[O-2].[O-2].[Si].[Si]. The van der Waals surface area contributed by atoms with Crippen LogP contribution in [-0.4, -0.2) is 56.7 Å². The molecule has 0 unspecified atom stereocenters. The van der Waals surface area contributed by atoms with Gasteiger partial charge in [0, 0.05) is 55.5 Å². The summed E-state index contributed by atoms with van der Waals surface area (Å²) in [5, 5.41) is 0. The monoisotopic (exact) mass is 276 g/mol. The Hall–Kier alpha value is 2.39. The van der Waals surface area contributed by atoms with E-state index < -0.39 is 0 Å². The Morgan fingerprint density at radius 3 is 0.444 bits per heavy atom. The van der Waals surface area contributed by atoms with Crippen LogP contribution in [0, 0.1) is 0 Å². The molecule has 9 heavy (non-hydrogen) atoms. The molecule has 0 heterocycles. The molecule has 0 N–H and O–H groups in total. The average molecular weight is 276 g/mol. The molecule has 0 aromatic carbocycles. The summed E-state index contributed by atoms with van der Waals surface area (Å²) in [6, 6.07) is 0. The van der Waals surface area contributed by atoms with Crippen molar-refractivity contribution < 1.29 is 50.0 Å². The predicted molar refractivity (Wildman–Crippen MR) is 25.1 cm³/mol. The van der Waals surface area contributed by atoms with E-state index in [2.05, 4.69) is 0 Å². The van der Waals surface area contributed by atoms with Gasteiger partial charge >= 0.3 is 34.7 Å². The quantitative estimate of drug-likeness (QED) is 0.463. The van der Waals surface area contributed by atoms with E-state index in [1.54, 1.807) is 0 Å². The van der Waals surface area contributed by atoms with Gasteiger partial charge in [0.25, 0.3) is 0 Å². The van der Waals surface area contributed by atoms with E-state index in [1.165, 1.54) is 0 Å². The van der Waals surface area contributed by atoms with Crippen LogP contribution in [0.1, 0.15) is 0 Å². The molecule has 10 radical (unpaired) electrons. The summed E-state index contributed by atoms with van der Waals surface area (Å²) in [7, 11) is 0. The molecule has 0 aliphatic carbocycles. The van der Waals surface area contributed by atoms with Gasteiger partial charge in [0.05, 0.1) is 0 Å². The first-order valence-corrected chi connectivity index (χ1v) is 0. The van der Waals surface area contributed by atoms with Gasteiger partial charge in [-0.05, 0) is 0 Å². The zero-order valence-electron chi connectivity index (χ0n) is 4.05. The molecule has 0 aliphatic rings. The van der Waals surface area contributed by atoms with Crippen LogP contribution in [0.2, 0.25) is 0 Å². The Balaban J connectivity index is 0. The number of hydrogen-bond acceptors (Lipinski definition) is 0. The zero-order chi connectivity index (χ0) is 0. The van der Waals surface area contributed by atoms with Gasteiger partial charge in [-0.1, -0.05) is 0 Å². The van der Waals surface area contributed by atoms with Crippen molar-refractivity contribution in [2.45, 2.75) is 0 Å². The Bertz CT molecular complexity index is 17.8. The fourth-order valence-electron chi connectivity index (χ4n) is 0. The Kier molecular flexibility index (Phi) is 3830. The smallest absolute Gasteiger partial charge is 2.00 e. The van der Waals surface area contributed by atoms with E-state index in [4.69, 9.17) is 0 Å². The topological polar surface area (TPSA) is 85.5 Å². The molecule has 0 atom stereocenters. The molecular weight excluding hydrogens is 276 g/mol. The van der Waals surface area contributed by atoms with Gasteiger partial charge in [0.2, 0.25) is 0 Å². The van der Waals surface area contributed by atoms with Crippen LogP contribution in [0.5, 0.6) is 0 Å². The van der Waals surface area contributed by atoms with Gasteiger partial charge in [-0.15, -0.1) is 0 Å². The van der Waals surface area contributed by atoms with Crippen molar-refractivity contribution in [3.63, 3.8) is 0 Å². The molecule has 9 heteroatoms. The van der Waals surface area contributed by atoms with E-state index in [0.29, 0.717) is 0 Å². The second-order valence-corrected chi connectivity index (χ2v) is 0. The third-order valence-electron chi connectivity index (χ3n) is 0. The van der Waals surface area contributed by atoms with Crippen molar-refractivity contribution in [3.05, 3.63) is 0 Å². The average Bonchev–Trinajstić information content (AvgIpc) is 0. The van der Waals surface area contributed by atoms with Crippen LogP contribution in [0.4, 0.5) is 0 Å². The summed E-state index contributed by atoms with van der Waals surface area (Å²) in [5.74, 6) is 0. The normalized spacial score (nSPS) is 0. The first-order chi connectivity index (χ1) is 0. The molecule has 0 fully saturated rings. The molecule has 0 aliphatic heterocycles. The van der Waals surface area contributed by atoms with Crippen LogP contribution >= 0.6 is 0 Å². The second kappa shape index (κ2) is 160. The third kappa shape index (κ3) is 128. The molecule has 0 rings (SSSR count). The number of rotatable bonds is 0. The van der Waals surface area contributed by atoms with Gasteiger partial charge in [-0.2, -0.15) is 0 Å². The maximum absolute atomic E-state index is 0. The van der Waals surface area contributed by atoms with Crippen molar-refractivity contribution in [3.8, 4) is 0 Å². The Morgan fingerprint density at radius 2 is 0.444 bits per heavy atom. The van der Waals surface area contributed by atoms with Gasteiger partial charge in [0.1, 0.15) is 0 Å². The minimum absolute atomic E-state index is 0. The molecule has 50 valence electrons. The minimum Gasteiger partial charge on any atom is -2.00 e. The van der Waals surface area contributed by atoms with E-state index in [0.717, 1.165) is 0 Å². The first-order valence-electron chi connectivity index (χ1n) is 0. The fraction of sp³-hybridized carbons (Fsp3) is 0. The van der Waals surface area contributed by atoms with Gasteiger partial charge in [-0.25, -0.2) is 0 Å². The van der Waals surface area contributed by atoms with Crippen molar-refractivity contribution in [1.82, 2.24) is 0 Å². The third-order valence-corrected chi connectivity index (χ3v) is 0. The van der Waals surface area contributed by atoms with Crippen LogP contribution < -0.4 is 0 Å². The standard InChI is InChI=1S/2Al.2Co.3O.2Si/q2*+3;;;3*-2;;. The van der Waals surface area contributed by atoms with Crippen molar-refractivity contribution in [2.75, 3.05) is 0 Å². The summed E-state index contributed by atoms with van der Waals surface area (Å²) in [6.07, 6.45) is 0. The molecule has 0 aromatic rings. The molecule has 0 saturated heterocycles. The van der Waals surface area contributed by atoms with Crippen molar-refractivity contribution in [1.29, 1.82) is 0 Å². The molecule has 0 aromatic heterocycles. The molecule has 0 saturated carbocycles. The second-order valence-electron chi connectivity index (χ2n) is 0. The maximum Gasteiger partial charge on any atom is 3.00 e. The maximum atomic E-state index is 0. The summed E-state index contributed by atoms with van der Waals surface area (Å²) in [6.45, 7) is 0. The molecule has 0 amide bonds. The summed E-state index contributed by atoms with van der Waals surface area (Å²) in [5.41, 5.74) is 0. The Labute approximate surface area is 106 Å². The van der Waals surface area contributed by atoms with Crippen molar-refractivity contribution >= 4 is 56.7 Å². The molecule has 0 bridgehead atoms. The molecule has 3 nitrogen and oxygen atoms in total. The minimum atomic E-state index is 0. The van der Waals surface area contributed by atoms with E-state index >= 15 is 0 Å². The summed E-state index contributed by atoms with van der Waals surface area (Å²) < 4.78 is 0. The number of hydrogen-bond donors (Lipinski definition) is 0. The van der Waals surface area contributed by atoms with Crippen LogP contribution in [-0.2, 0) is 50.0 Å². The van der Waals surface area contributed by atoms with Crippen LogP contribution in [0.3, 0.4) is 0 Å². The van der Waals surface area contributed by atoms with Gasteiger partial charge in [-0.3, -0.25) is 0 Å². The predicted octanol–water partition coefficient (Wildman–Crippen LogP) is -1.88. The molecular formula is Al2Co2O3Si2. The van der Waals surface area contributed by atoms with Gasteiger partial charge in [0.15, 0.2) is 0 Å². The first kappa shape index (κ1) is 215. The van der Waals surface area contributed by atoms with Crippen LogP contribution in [0.15, 0.2) is 0 Å². The summed E-state index contributed by atoms with van der Waals surface area (Å²) in [4.78, 5) is 0. The summed E-state index contributed by atoms with van der Waals surface area (Å²) >= 11 is 0. The Morgan fingerprint density at radius 1 is 0.444 bits per heavy atom.